The highest BCUT2D eigenvalue weighted by Gasteiger charge is 2.12. The average Bonchev–Trinajstić information content (AvgIpc) is 3.23. The number of nitrogens with one attached hydrogen (secondary N) is 1. The smallest absolute Gasteiger partial charge is 0.254 e. The Kier molecular flexibility index (Phi) is 3.67. The quantitative estimate of drug-likeness (QED) is 0.556. The van der Waals surface area contributed by atoms with Crippen LogP contribution in [0.5, 0.6) is 0 Å². The SMILES string of the molecule is NS(=O)(=O)c1ccc(Nc2nc3nccc(-c4nccs4)n3n2)cc1. The molecule has 0 amide bonds. The van der Waals surface area contributed by atoms with Crippen LogP contribution in [0.2, 0.25) is 0 Å². The first-order valence-corrected chi connectivity index (χ1v) is 9.45. The number of thiazole rings is 1. The van der Waals surface area contributed by atoms with Crippen molar-refractivity contribution in [1.82, 2.24) is 24.6 Å². The number of fused-ring (bicyclic) bond motifs is 1. The maximum absolute atomic E-state index is 11.3. The van der Waals surface area contributed by atoms with Gasteiger partial charge in [0.2, 0.25) is 16.0 Å². The molecule has 0 saturated heterocycles. The summed E-state index contributed by atoms with van der Waals surface area (Å²) in [5.41, 5.74) is 1.41. The molecule has 1 aromatic carbocycles. The van der Waals surface area contributed by atoms with Gasteiger partial charge < -0.3 is 5.32 Å². The Labute approximate surface area is 146 Å². The molecule has 0 atom stereocenters. The fourth-order valence-electron chi connectivity index (χ4n) is 2.22. The van der Waals surface area contributed by atoms with Crippen molar-refractivity contribution in [3.63, 3.8) is 0 Å². The summed E-state index contributed by atoms with van der Waals surface area (Å²) in [7, 11) is -3.72. The van der Waals surface area contributed by atoms with Crippen LogP contribution >= 0.6 is 11.3 Å². The Morgan fingerprint density at radius 2 is 1.88 bits per heavy atom. The van der Waals surface area contributed by atoms with E-state index >= 15 is 0 Å². The van der Waals surface area contributed by atoms with Crippen LogP contribution in [0.4, 0.5) is 11.6 Å². The van der Waals surface area contributed by atoms with E-state index in [4.69, 9.17) is 5.14 Å². The number of rotatable bonds is 4. The second-order valence-electron chi connectivity index (χ2n) is 5.01. The van der Waals surface area contributed by atoms with Crippen LogP contribution in [0, 0.1) is 0 Å². The van der Waals surface area contributed by atoms with Gasteiger partial charge in [-0.25, -0.2) is 23.5 Å². The number of primary sulfonamides is 1. The van der Waals surface area contributed by atoms with Crippen LogP contribution < -0.4 is 10.5 Å². The summed E-state index contributed by atoms with van der Waals surface area (Å²) in [4.78, 5) is 12.8. The number of hydrogen-bond donors (Lipinski definition) is 2. The number of hydrogen-bond acceptors (Lipinski definition) is 8. The molecule has 0 aliphatic carbocycles. The predicted molar refractivity (Wildman–Crippen MR) is 93.0 cm³/mol. The van der Waals surface area contributed by atoms with Gasteiger partial charge in [-0.05, 0) is 30.3 Å². The summed E-state index contributed by atoms with van der Waals surface area (Å²) in [5, 5.41) is 15.2. The Morgan fingerprint density at radius 3 is 2.56 bits per heavy atom. The molecule has 0 spiro atoms. The molecule has 0 bridgehead atoms. The van der Waals surface area contributed by atoms with Gasteiger partial charge in [0.25, 0.3) is 5.78 Å². The zero-order valence-corrected chi connectivity index (χ0v) is 14.2. The van der Waals surface area contributed by atoms with E-state index in [-0.39, 0.29) is 4.90 Å². The van der Waals surface area contributed by atoms with Gasteiger partial charge in [-0.3, -0.25) is 0 Å². The zero-order valence-electron chi connectivity index (χ0n) is 12.6. The lowest BCUT2D eigenvalue weighted by atomic mass is 10.3. The van der Waals surface area contributed by atoms with E-state index in [2.05, 4.69) is 25.4 Å². The van der Waals surface area contributed by atoms with Crippen molar-refractivity contribution in [2.24, 2.45) is 5.14 Å². The first kappa shape index (κ1) is 15.6. The van der Waals surface area contributed by atoms with Gasteiger partial charge >= 0.3 is 0 Å². The number of benzene rings is 1. The Balaban J connectivity index is 1.68. The third kappa shape index (κ3) is 3.07. The highest BCUT2D eigenvalue weighted by Crippen LogP contribution is 2.22. The lowest BCUT2D eigenvalue weighted by Gasteiger charge is -2.02. The lowest BCUT2D eigenvalue weighted by molar-refractivity contribution is 0.598. The summed E-state index contributed by atoms with van der Waals surface area (Å²) in [6.07, 6.45) is 3.36. The van der Waals surface area contributed by atoms with Gasteiger partial charge in [-0.2, -0.15) is 9.50 Å². The minimum Gasteiger partial charge on any atom is -0.323 e. The van der Waals surface area contributed by atoms with Crippen molar-refractivity contribution in [1.29, 1.82) is 0 Å². The van der Waals surface area contributed by atoms with Crippen molar-refractivity contribution in [3.8, 4) is 10.7 Å². The maximum atomic E-state index is 11.3. The van der Waals surface area contributed by atoms with Crippen molar-refractivity contribution >= 4 is 38.8 Å². The van der Waals surface area contributed by atoms with Gasteiger partial charge in [0.05, 0.1) is 4.90 Å². The molecule has 3 aromatic heterocycles. The number of sulfonamides is 1. The summed E-state index contributed by atoms with van der Waals surface area (Å²) >= 11 is 1.49. The van der Waals surface area contributed by atoms with Crippen LogP contribution in [0.25, 0.3) is 16.5 Å². The molecule has 0 radical (unpaired) electrons. The molecule has 0 aliphatic heterocycles. The Hall–Kier alpha value is -2.89. The Bertz CT molecular complexity index is 1140. The molecule has 126 valence electrons. The largest absolute Gasteiger partial charge is 0.323 e. The van der Waals surface area contributed by atoms with Crippen LogP contribution in [0.3, 0.4) is 0 Å². The van der Waals surface area contributed by atoms with Crippen molar-refractivity contribution in [3.05, 3.63) is 48.1 Å². The highest BCUT2D eigenvalue weighted by atomic mass is 32.2. The second kappa shape index (κ2) is 5.88. The zero-order chi connectivity index (χ0) is 17.4. The average molecular weight is 373 g/mol. The van der Waals surface area contributed by atoms with E-state index in [9.17, 15) is 8.42 Å². The van der Waals surface area contributed by atoms with Crippen molar-refractivity contribution in [2.45, 2.75) is 4.90 Å². The molecular formula is C14H11N7O2S2. The van der Waals surface area contributed by atoms with E-state index < -0.39 is 10.0 Å². The van der Waals surface area contributed by atoms with E-state index in [1.54, 1.807) is 29.0 Å². The maximum Gasteiger partial charge on any atom is 0.254 e. The van der Waals surface area contributed by atoms with Crippen LogP contribution in [-0.2, 0) is 10.0 Å². The van der Waals surface area contributed by atoms with Crippen LogP contribution in [0.1, 0.15) is 0 Å². The molecule has 4 aromatic rings. The molecule has 0 saturated carbocycles. The minimum absolute atomic E-state index is 0.0359. The number of nitrogens with two attached hydrogens (primary N) is 1. The fourth-order valence-corrected chi connectivity index (χ4v) is 3.38. The van der Waals surface area contributed by atoms with E-state index in [1.807, 2.05) is 11.4 Å². The molecule has 3 N–H and O–H groups in total. The number of aromatic nitrogens is 5. The molecule has 11 heteroatoms. The molecule has 4 rings (SSSR count). The molecule has 9 nitrogen and oxygen atoms in total. The topological polar surface area (TPSA) is 128 Å². The molecule has 3 heterocycles. The first-order valence-electron chi connectivity index (χ1n) is 7.02. The van der Waals surface area contributed by atoms with E-state index in [0.29, 0.717) is 17.4 Å². The Morgan fingerprint density at radius 1 is 1.08 bits per heavy atom. The summed E-state index contributed by atoms with van der Waals surface area (Å²) < 4.78 is 24.2. The van der Waals surface area contributed by atoms with Crippen molar-refractivity contribution in [2.75, 3.05) is 5.32 Å². The van der Waals surface area contributed by atoms with Gasteiger partial charge in [0.1, 0.15) is 10.7 Å². The van der Waals surface area contributed by atoms with Crippen LogP contribution in [-0.4, -0.2) is 33.0 Å². The predicted octanol–water partition coefficient (Wildman–Crippen LogP) is 1.64. The van der Waals surface area contributed by atoms with E-state index in [1.165, 1.54) is 23.5 Å². The highest BCUT2D eigenvalue weighted by molar-refractivity contribution is 7.89. The normalized spacial score (nSPS) is 11.7. The number of anilines is 2. The van der Waals surface area contributed by atoms with Crippen molar-refractivity contribution < 1.29 is 8.42 Å². The third-order valence-corrected chi connectivity index (χ3v) is 5.06. The monoisotopic (exact) mass is 373 g/mol. The molecular weight excluding hydrogens is 362 g/mol. The standard InChI is InChI=1S/C14H11N7O2S2/c15-25(22,23)10-3-1-9(2-4-10)18-13-19-14-17-6-5-11(21(14)20-13)12-16-7-8-24-12/h1-8H,(H,18,20)(H2,15,22,23). The molecule has 25 heavy (non-hydrogen) atoms. The molecule has 0 aliphatic rings. The molecule has 0 fully saturated rings. The first-order chi connectivity index (χ1) is 12.0. The second-order valence-corrected chi connectivity index (χ2v) is 7.46. The van der Waals surface area contributed by atoms with Gasteiger partial charge in [-0.1, -0.05) is 0 Å². The van der Waals surface area contributed by atoms with Gasteiger partial charge in [0, 0.05) is 23.5 Å². The summed E-state index contributed by atoms with van der Waals surface area (Å²) in [5.74, 6) is 0.760. The van der Waals surface area contributed by atoms with Gasteiger partial charge in [-0.15, -0.1) is 16.4 Å². The lowest BCUT2D eigenvalue weighted by Crippen LogP contribution is -2.11. The van der Waals surface area contributed by atoms with Gasteiger partial charge in [0.15, 0.2) is 0 Å². The van der Waals surface area contributed by atoms with E-state index in [0.717, 1.165) is 10.7 Å². The fraction of sp³-hybridized carbons (Fsp3) is 0. The summed E-state index contributed by atoms with van der Waals surface area (Å²) in [6.45, 7) is 0. The number of nitrogens with zero attached hydrogens (tertiary/aromatic N) is 5. The van der Waals surface area contributed by atoms with Crippen LogP contribution in [0.15, 0.2) is 53.0 Å². The minimum atomic E-state index is -3.72. The molecule has 0 unspecified atom stereocenters. The third-order valence-electron chi connectivity index (χ3n) is 3.33. The summed E-state index contributed by atoms with van der Waals surface area (Å²) in [6, 6.07) is 7.80.